The van der Waals surface area contributed by atoms with Crippen LogP contribution in [0, 0.1) is 0 Å². The smallest absolute Gasteiger partial charge is 0.159 e. The summed E-state index contributed by atoms with van der Waals surface area (Å²) in [6, 6.07) is 8.01. The molecule has 0 saturated carbocycles. The van der Waals surface area contributed by atoms with Crippen LogP contribution in [-0.4, -0.2) is 5.78 Å². The van der Waals surface area contributed by atoms with Crippen LogP contribution in [0.3, 0.4) is 0 Å². The van der Waals surface area contributed by atoms with Crippen molar-refractivity contribution in [3.8, 4) is 0 Å². The lowest BCUT2D eigenvalue weighted by atomic mass is 9.95. The zero-order valence-electron chi connectivity index (χ0n) is 8.36. The third-order valence-corrected chi connectivity index (χ3v) is 2.80. The Morgan fingerprint density at radius 1 is 1.14 bits per heavy atom. The molecule has 2 rings (SSSR count). The van der Waals surface area contributed by atoms with E-state index < -0.39 is 0 Å². The second-order valence-electron chi connectivity index (χ2n) is 3.82. The van der Waals surface area contributed by atoms with E-state index in [2.05, 4.69) is 24.3 Å². The van der Waals surface area contributed by atoms with E-state index in [4.69, 9.17) is 0 Å². The van der Waals surface area contributed by atoms with Crippen molar-refractivity contribution in [1.29, 1.82) is 0 Å². The van der Waals surface area contributed by atoms with Crippen molar-refractivity contribution in [1.82, 2.24) is 0 Å². The minimum Gasteiger partial charge on any atom is -0.295 e. The van der Waals surface area contributed by atoms with Gasteiger partial charge in [-0.1, -0.05) is 36.4 Å². The van der Waals surface area contributed by atoms with Crippen LogP contribution in [0.2, 0.25) is 0 Å². The Morgan fingerprint density at radius 2 is 1.71 bits per heavy atom. The topological polar surface area (TPSA) is 17.1 Å². The van der Waals surface area contributed by atoms with Crippen LogP contribution in [0.4, 0.5) is 0 Å². The van der Waals surface area contributed by atoms with Crippen molar-refractivity contribution < 1.29 is 4.79 Å². The number of allylic oxidation sites excluding steroid dienone is 2. The first kappa shape index (κ1) is 9.20. The molecule has 0 unspecified atom stereocenters. The van der Waals surface area contributed by atoms with Crippen molar-refractivity contribution in [3.63, 3.8) is 0 Å². The number of hydrogen-bond donors (Lipinski definition) is 0. The van der Waals surface area contributed by atoms with Crippen LogP contribution in [0.1, 0.15) is 41.6 Å². The van der Waals surface area contributed by atoms with E-state index in [-0.39, 0.29) is 5.78 Å². The number of benzene rings is 1. The zero-order chi connectivity index (χ0) is 9.97. The highest BCUT2D eigenvalue weighted by atomic mass is 16.1. The summed E-state index contributed by atoms with van der Waals surface area (Å²) in [5, 5.41) is 0. The molecule has 0 fully saturated rings. The van der Waals surface area contributed by atoms with Gasteiger partial charge >= 0.3 is 0 Å². The monoisotopic (exact) mass is 186 g/mol. The van der Waals surface area contributed by atoms with Gasteiger partial charge in [-0.2, -0.15) is 0 Å². The molecule has 72 valence electrons. The second-order valence-corrected chi connectivity index (χ2v) is 3.82. The molecule has 0 N–H and O–H groups in total. The predicted molar refractivity (Wildman–Crippen MR) is 57.6 cm³/mol. The van der Waals surface area contributed by atoms with Crippen LogP contribution in [0.5, 0.6) is 0 Å². The highest BCUT2D eigenvalue weighted by Gasteiger charge is 2.12. The van der Waals surface area contributed by atoms with E-state index >= 15 is 0 Å². The van der Waals surface area contributed by atoms with Crippen molar-refractivity contribution in [2.45, 2.75) is 25.7 Å². The maximum absolute atomic E-state index is 11.1. The Bertz CT molecular complexity index is 351. The van der Waals surface area contributed by atoms with E-state index in [1.54, 1.807) is 6.92 Å². The summed E-state index contributed by atoms with van der Waals surface area (Å²) in [5.74, 6) is 0.775. The van der Waals surface area contributed by atoms with Gasteiger partial charge in [0.15, 0.2) is 5.78 Å². The molecule has 1 aliphatic rings. The molecule has 1 aromatic carbocycles. The molecular formula is C13H14O. The van der Waals surface area contributed by atoms with Gasteiger partial charge in [-0.05, 0) is 31.2 Å². The predicted octanol–water partition coefficient (Wildman–Crippen LogP) is 3.32. The van der Waals surface area contributed by atoms with Gasteiger partial charge in [0.1, 0.15) is 0 Å². The summed E-state index contributed by atoms with van der Waals surface area (Å²) in [5.41, 5.74) is 2.15. The van der Waals surface area contributed by atoms with E-state index in [0.29, 0.717) is 5.92 Å². The van der Waals surface area contributed by atoms with E-state index in [1.807, 2.05) is 12.1 Å². The van der Waals surface area contributed by atoms with Crippen molar-refractivity contribution in [2.75, 3.05) is 0 Å². The molecule has 0 radical (unpaired) electrons. The lowest BCUT2D eigenvalue weighted by Crippen LogP contribution is -1.95. The first-order valence-corrected chi connectivity index (χ1v) is 5.03. The standard InChI is InChI=1S/C13H14O/c1-10(14)11-6-8-13(9-7-11)12-4-2-3-5-12/h2-3,6-9,12H,4-5H2,1H3. The summed E-state index contributed by atoms with van der Waals surface area (Å²) in [6.07, 6.45) is 6.73. The second kappa shape index (κ2) is 3.79. The highest BCUT2D eigenvalue weighted by Crippen LogP contribution is 2.29. The number of hydrogen-bond acceptors (Lipinski definition) is 1. The average molecular weight is 186 g/mol. The highest BCUT2D eigenvalue weighted by molar-refractivity contribution is 5.94. The van der Waals surface area contributed by atoms with Crippen molar-refractivity contribution in [3.05, 3.63) is 47.5 Å². The fraction of sp³-hybridized carbons (Fsp3) is 0.308. The summed E-state index contributed by atoms with van der Waals surface area (Å²) in [6.45, 7) is 1.60. The minimum atomic E-state index is 0.140. The normalized spacial score (nSPS) is 16.1. The summed E-state index contributed by atoms with van der Waals surface area (Å²) < 4.78 is 0. The van der Waals surface area contributed by atoms with Gasteiger partial charge in [0.2, 0.25) is 0 Å². The van der Waals surface area contributed by atoms with Crippen molar-refractivity contribution in [2.24, 2.45) is 0 Å². The van der Waals surface area contributed by atoms with Gasteiger partial charge in [0.05, 0.1) is 0 Å². The number of ketones is 1. The van der Waals surface area contributed by atoms with Crippen LogP contribution in [-0.2, 0) is 0 Å². The Morgan fingerprint density at radius 3 is 2.21 bits per heavy atom. The third kappa shape index (κ3) is 1.77. The number of carbonyl (C=O) groups is 1. The van der Waals surface area contributed by atoms with Gasteiger partial charge in [-0.25, -0.2) is 0 Å². The number of rotatable bonds is 2. The van der Waals surface area contributed by atoms with Crippen LogP contribution >= 0.6 is 0 Å². The molecule has 1 aliphatic carbocycles. The molecule has 1 heteroatoms. The fourth-order valence-corrected chi connectivity index (χ4v) is 1.88. The molecule has 1 nitrogen and oxygen atoms in total. The first-order valence-electron chi connectivity index (χ1n) is 5.03. The molecule has 0 heterocycles. The maximum Gasteiger partial charge on any atom is 0.159 e. The van der Waals surface area contributed by atoms with E-state index in [1.165, 1.54) is 5.56 Å². The molecule has 1 aromatic rings. The average Bonchev–Trinajstić information content (AvgIpc) is 2.71. The van der Waals surface area contributed by atoms with E-state index in [0.717, 1.165) is 18.4 Å². The Balaban J connectivity index is 2.17. The Kier molecular flexibility index (Phi) is 2.49. The van der Waals surface area contributed by atoms with E-state index in [9.17, 15) is 4.79 Å². The summed E-state index contributed by atoms with van der Waals surface area (Å²) >= 11 is 0. The molecule has 0 atom stereocenters. The lowest BCUT2D eigenvalue weighted by Gasteiger charge is -2.09. The summed E-state index contributed by atoms with van der Waals surface area (Å²) in [4.78, 5) is 11.1. The third-order valence-electron chi connectivity index (χ3n) is 2.80. The molecule has 0 bridgehead atoms. The molecule has 0 spiro atoms. The van der Waals surface area contributed by atoms with Gasteiger partial charge in [0.25, 0.3) is 0 Å². The molecule has 0 aromatic heterocycles. The van der Waals surface area contributed by atoms with Gasteiger partial charge in [-0.3, -0.25) is 4.79 Å². The molecule has 0 amide bonds. The molecule has 0 aliphatic heterocycles. The molecule has 0 saturated heterocycles. The Hall–Kier alpha value is -1.37. The van der Waals surface area contributed by atoms with Crippen LogP contribution < -0.4 is 0 Å². The van der Waals surface area contributed by atoms with Gasteiger partial charge < -0.3 is 0 Å². The van der Waals surface area contributed by atoms with Gasteiger partial charge in [0, 0.05) is 5.56 Å². The first-order chi connectivity index (χ1) is 6.77. The maximum atomic E-state index is 11.1. The fourth-order valence-electron chi connectivity index (χ4n) is 1.88. The van der Waals surface area contributed by atoms with Crippen LogP contribution in [0.25, 0.3) is 0 Å². The number of carbonyl (C=O) groups excluding carboxylic acids is 1. The van der Waals surface area contributed by atoms with Crippen LogP contribution in [0.15, 0.2) is 36.4 Å². The zero-order valence-corrected chi connectivity index (χ0v) is 8.36. The van der Waals surface area contributed by atoms with Gasteiger partial charge in [-0.15, -0.1) is 0 Å². The summed E-state index contributed by atoms with van der Waals surface area (Å²) in [7, 11) is 0. The molecule has 14 heavy (non-hydrogen) atoms. The quantitative estimate of drug-likeness (QED) is 0.511. The number of Topliss-reactive ketones (excluding diaryl/α,β-unsaturated/α-hetero) is 1. The SMILES string of the molecule is CC(=O)c1ccc(C2CC=CC2)cc1. The Labute approximate surface area is 84.5 Å². The minimum absolute atomic E-state index is 0.140. The lowest BCUT2D eigenvalue weighted by molar-refractivity contribution is 0.101. The largest absolute Gasteiger partial charge is 0.295 e. The molecular weight excluding hydrogens is 172 g/mol. The van der Waals surface area contributed by atoms with Crippen molar-refractivity contribution >= 4 is 5.78 Å².